The predicted molar refractivity (Wildman–Crippen MR) is 54.4 cm³/mol. The van der Waals surface area contributed by atoms with Crippen molar-refractivity contribution in [2.24, 2.45) is 5.92 Å². The van der Waals surface area contributed by atoms with Gasteiger partial charge in [0.15, 0.2) is 0 Å². The van der Waals surface area contributed by atoms with Crippen LogP contribution >= 0.6 is 0 Å². The summed E-state index contributed by atoms with van der Waals surface area (Å²) in [6.45, 7) is 0.506. The molecule has 3 nitrogen and oxygen atoms in total. The van der Waals surface area contributed by atoms with Crippen LogP contribution in [-0.2, 0) is 4.79 Å². The first-order valence-corrected chi connectivity index (χ1v) is 5.49. The molecule has 1 aliphatic rings. The van der Waals surface area contributed by atoms with Crippen LogP contribution in [0.4, 0.5) is 0 Å². The Kier molecular flexibility index (Phi) is 5.06. The molecule has 0 atom stereocenters. The molecule has 0 spiro atoms. The van der Waals surface area contributed by atoms with E-state index in [0.29, 0.717) is 13.0 Å². The lowest BCUT2D eigenvalue weighted by atomic mass is 9.99. The van der Waals surface area contributed by atoms with Crippen LogP contribution in [-0.4, -0.2) is 12.5 Å². The van der Waals surface area contributed by atoms with Crippen LogP contribution in [0.3, 0.4) is 0 Å². The molecule has 0 saturated heterocycles. The molecule has 1 N–H and O–H groups in total. The van der Waals surface area contributed by atoms with E-state index in [0.717, 1.165) is 12.8 Å². The van der Waals surface area contributed by atoms with Crippen LogP contribution in [0.15, 0.2) is 0 Å². The van der Waals surface area contributed by atoms with E-state index in [1.165, 1.54) is 25.7 Å². The molecular weight excluding hydrogens is 176 g/mol. The first kappa shape index (κ1) is 11.0. The van der Waals surface area contributed by atoms with Crippen molar-refractivity contribution >= 4 is 5.91 Å². The van der Waals surface area contributed by atoms with Gasteiger partial charge in [0.2, 0.25) is 5.91 Å². The third kappa shape index (κ3) is 3.78. The van der Waals surface area contributed by atoms with Crippen LogP contribution in [0.5, 0.6) is 0 Å². The summed E-state index contributed by atoms with van der Waals surface area (Å²) < 4.78 is 0. The van der Waals surface area contributed by atoms with Gasteiger partial charge in [-0.2, -0.15) is 5.26 Å². The summed E-state index contributed by atoms with van der Waals surface area (Å²) in [7, 11) is 0. The van der Waals surface area contributed by atoms with Crippen LogP contribution in [0.25, 0.3) is 0 Å². The van der Waals surface area contributed by atoms with Gasteiger partial charge in [0.1, 0.15) is 0 Å². The van der Waals surface area contributed by atoms with Gasteiger partial charge in [-0.25, -0.2) is 0 Å². The minimum atomic E-state index is 0.155. The molecule has 14 heavy (non-hydrogen) atoms. The molecule has 0 aromatic rings. The first-order chi connectivity index (χ1) is 6.84. The zero-order chi connectivity index (χ0) is 10.2. The minimum absolute atomic E-state index is 0.155. The number of amides is 1. The minimum Gasteiger partial charge on any atom is -0.355 e. The molecule has 0 heterocycles. The number of hydrogen-bond acceptors (Lipinski definition) is 2. The second kappa shape index (κ2) is 6.42. The highest BCUT2D eigenvalue weighted by Crippen LogP contribution is 2.22. The Morgan fingerprint density at radius 1 is 1.29 bits per heavy atom. The molecule has 0 bridgehead atoms. The monoisotopic (exact) mass is 194 g/mol. The summed E-state index contributed by atoms with van der Waals surface area (Å²) in [5, 5.41) is 11.2. The van der Waals surface area contributed by atoms with Crippen molar-refractivity contribution in [3.8, 4) is 6.07 Å². The van der Waals surface area contributed by atoms with Gasteiger partial charge in [-0.05, 0) is 12.8 Å². The van der Waals surface area contributed by atoms with Gasteiger partial charge in [0.05, 0.1) is 12.5 Å². The van der Waals surface area contributed by atoms with Crippen molar-refractivity contribution in [2.75, 3.05) is 6.54 Å². The number of nitrogens with one attached hydrogen (secondary N) is 1. The second-order valence-corrected chi connectivity index (χ2v) is 3.89. The number of carbonyl (C=O) groups is 1. The van der Waals surface area contributed by atoms with Gasteiger partial charge in [0.25, 0.3) is 0 Å². The summed E-state index contributed by atoms with van der Waals surface area (Å²) in [5.74, 6) is 0.360. The summed E-state index contributed by atoms with van der Waals surface area (Å²) in [4.78, 5) is 11.6. The average Bonchev–Trinajstić information content (AvgIpc) is 2.46. The fraction of sp³-hybridized carbons (Fsp3) is 0.818. The van der Waals surface area contributed by atoms with Crippen LogP contribution < -0.4 is 5.32 Å². The van der Waals surface area contributed by atoms with Crippen molar-refractivity contribution in [1.82, 2.24) is 5.32 Å². The van der Waals surface area contributed by atoms with Crippen molar-refractivity contribution < 1.29 is 4.79 Å². The summed E-state index contributed by atoms with van der Waals surface area (Å²) in [6.07, 6.45) is 7.35. The van der Waals surface area contributed by atoms with E-state index in [2.05, 4.69) is 5.32 Å². The maximum Gasteiger partial charge on any atom is 0.223 e. The largest absolute Gasteiger partial charge is 0.355 e. The Morgan fingerprint density at radius 2 is 1.93 bits per heavy atom. The van der Waals surface area contributed by atoms with E-state index in [9.17, 15) is 4.79 Å². The highest BCUT2D eigenvalue weighted by Gasteiger charge is 2.19. The standard InChI is InChI=1S/C11H18N2O/c12-8-5-9-13-11(14)10-6-3-1-2-4-7-10/h10H,1-7,9H2,(H,13,14). The van der Waals surface area contributed by atoms with E-state index in [1.807, 2.05) is 6.07 Å². The van der Waals surface area contributed by atoms with Gasteiger partial charge in [-0.3, -0.25) is 4.79 Å². The quantitative estimate of drug-likeness (QED) is 0.551. The molecule has 0 radical (unpaired) electrons. The van der Waals surface area contributed by atoms with Crippen molar-refractivity contribution in [3.63, 3.8) is 0 Å². The lowest BCUT2D eigenvalue weighted by Crippen LogP contribution is -2.31. The van der Waals surface area contributed by atoms with E-state index < -0.39 is 0 Å². The number of rotatable bonds is 3. The molecule has 0 aromatic carbocycles. The second-order valence-electron chi connectivity index (χ2n) is 3.89. The van der Waals surface area contributed by atoms with Gasteiger partial charge >= 0.3 is 0 Å². The zero-order valence-corrected chi connectivity index (χ0v) is 8.59. The molecule has 1 amide bonds. The summed E-state index contributed by atoms with van der Waals surface area (Å²) in [6, 6.07) is 2.02. The van der Waals surface area contributed by atoms with Gasteiger partial charge < -0.3 is 5.32 Å². The lowest BCUT2D eigenvalue weighted by molar-refractivity contribution is -0.125. The Bertz CT molecular complexity index is 212. The van der Waals surface area contributed by atoms with Crippen LogP contribution in [0.2, 0.25) is 0 Å². The van der Waals surface area contributed by atoms with Crippen molar-refractivity contribution in [1.29, 1.82) is 5.26 Å². The van der Waals surface area contributed by atoms with Crippen LogP contribution in [0, 0.1) is 17.2 Å². The molecule has 1 rings (SSSR count). The molecule has 78 valence electrons. The molecule has 1 aliphatic carbocycles. The lowest BCUT2D eigenvalue weighted by Gasteiger charge is -2.12. The Morgan fingerprint density at radius 3 is 2.50 bits per heavy atom. The van der Waals surface area contributed by atoms with Crippen molar-refractivity contribution in [3.05, 3.63) is 0 Å². The smallest absolute Gasteiger partial charge is 0.223 e. The maximum absolute atomic E-state index is 11.6. The highest BCUT2D eigenvalue weighted by molar-refractivity contribution is 5.78. The SMILES string of the molecule is N#CCCNC(=O)C1CCCCCC1. The number of carbonyl (C=O) groups excluding carboxylic acids is 1. The third-order valence-electron chi connectivity index (χ3n) is 2.76. The maximum atomic E-state index is 11.6. The Labute approximate surface area is 85.5 Å². The fourth-order valence-electron chi connectivity index (χ4n) is 1.93. The van der Waals surface area contributed by atoms with Crippen molar-refractivity contribution in [2.45, 2.75) is 44.9 Å². The molecular formula is C11H18N2O. The fourth-order valence-corrected chi connectivity index (χ4v) is 1.93. The topological polar surface area (TPSA) is 52.9 Å². The number of hydrogen-bond donors (Lipinski definition) is 1. The third-order valence-corrected chi connectivity index (χ3v) is 2.76. The van der Waals surface area contributed by atoms with Crippen LogP contribution in [0.1, 0.15) is 44.9 Å². The number of nitriles is 1. The zero-order valence-electron chi connectivity index (χ0n) is 8.59. The molecule has 1 fully saturated rings. The first-order valence-electron chi connectivity index (χ1n) is 5.49. The summed E-state index contributed by atoms with van der Waals surface area (Å²) in [5.41, 5.74) is 0. The molecule has 3 heteroatoms. The van der Waals surface area contributed by atoms with E-state index in [-0.39, 0.29) is 11.8 Å². The average molecular weight is 194 g/mol. The van der Waals surface area contributed by atoms with E-state index in [1.54, 1.807) is 0 Å². The van der Waals surface area contributed by atoms with E-state index >= 15 is 0 Å². The van der Waals surface area contributed by atoms with Gasteiger partial charge in [0, 0.05) is 12.5 Å². The Balaban J connectivity index is 2.24. The molecule has 0 unspecified atom stereocenters. The molecule has 0 aliphatic heterocycles. The Hall–Kier alpha value is -1.04. The van der Waals surface area contributed by atoms with E-state index in [4.69, 9.17) is 5.26 Å². The molecule has 1 saturated carbocycles. The van der Waals surface area contributed by atoms with Gasteiger partial charge in [-0.1, -0.05) is 25.7 Å². The summed E-state index contributed by atoms with van der Waals surface area (Å²) >= 11 is 0. The van der Waals surface area contributed by atoms with Gasteiger partial charge in [-0.15, -0.1) is 0 Å². The highest BCUT2D eigenvalue weighted by atomic mass is 16.1. The normalized spacial score (nSPS) is 18.2. The number of nitrogens with zero attached hydrogens (tertiary/aromatic N) is 1. The predicted octanol–water partition coefficient (Wildman–Crippen LogP) is 1.99. The molecule has 0 aromatic heterocycles.